The second kappa shape index (κ2) is 8.93. The van der Waals surface area contributed by atoms with Crippen molar-refractivity contribution in [3.05, 3.63) is 33.8 Å². The summed E-state index contributed by atoms with van der Waals surface area (Å²) in [7, 11) is 1.48. The number of hydrogen-bond acceptors (Lipinski definition) is 3. The second-order valence-corrected chi connectivity index (χ2v) is 6.71. The predicted octanol–water partition coefficient (Wildman–Crippen LogP) is 1.34. The van der Waals surface area contributed by atoms with E-state index in [4.69, 9.17) is 29.6 Å². The third kappa shape index (κ3) is 4.69. The zero-order valence-electron chi connectivity index (χ0n) is 14.3. The molecule has 8 heteroatoms. The fraction of sp³-hybridized carbons (Fsp3) is 0.389. The van der Waals surface area contributed by atoms with Gasteiger partial charge in [-0.2, -0.15) is 0 Å². The SMILES string of the molecule is C#CCN1C(=O)CN(CCc2ccc(Cl)cc2Cl)C(=O)C1CC(=O)NC. The van der Waals surface area contributed by atoms with Gasteiger partial charge in [0.15, 0.2) is 0 Å². The monoisotopic (exact) mass is 395 g/mol. The summed E-state index contributed by atoms with van der Waals surface area (Å²) in [6, 6.07) is 4.24. The summed E-state index contributed by atoms with van der Waals surface area (Å²) in [4.78, 5) is 39.7. The molecule has 0 bridgehead atoms. The van der Waals surface area contributed by atoms with Crippen molar-refractivity contribution in [3.8, 4) is 12.3 Å². The average molecular weight is 396 g/mol. The maximum Gasteiger partial charge on any atom is 0.246 e. The van der Waals surface area contributed by atoms with E-state index < -0.39 is 6.04 Å². The number of nitrogens with one attached hydrogen (secondary N) is 1. The molecule has 3 amide bonds. The van der Waals surface area contributed by atoms with E-state index in [-0.39, 0.29) is 37.2 Å². The summed E-state index contributed by atoms with van der Waals surface area (Å²) in [6.07, 6.45) is 5.64. The van der Waals surface area contributed by atoms with Gasteiger partial charge in [-0.1, -0.05) is 35.2 Å². The molecule has 0 aliphatic carbocycles. The minimum Gasteiger partial charge on any atom is -0.359 e. The van der Waals surface area contributed by atoms with Crippen molar-refractivity contribution < 1.29 is 14.4 Å². The van der Waals surface area contributed by atoms with Crippen molar-refractivity contribution in [2.24, 2.45) is 0 Å². The van der Waals surface area contributed by atoms with Crippen LogP contribution in [0.15, 0.2) is 18.2 Å². The molecule has 1 fully saturated rings. The van der Waals surface area contributed by atoms with Crippen molar-refractivity contribution in [1.82, 2.24) is 15.1 Å². The minimum absolute atomic E-state index is 0.0108. The molecule has 1 aliphatic rings. The number of hydrogen-bond donors (Lipinski definition) is 1. The highest BCUT2D eigenvalue weighted by Crippen LogP contribution is 2.22. The van der Waals surface area contributed by atoms with E-state index in [9.17, 15) is 14.4 Å². The summed E-state index contributed by atoms with van der Waals surface area (Å²) in [5.74, 6) is 1.46. The number of nitrogens with zero attached hydrogens (tertiary/aromatic N) is 2. The van der Waals surface area contributed by atoms with E-state index in [1.165, 1.54) is 16.8 Å². The molecular weight excluding hydrogens is 377 g/mol. The van der Waals surface area contributed by atoms with Gasteiger partial charge in [0.1, 0.15) is 6.04 Å². The zero-order valence-corrected chi connectivity index (χ0v) is 15.8. The third-order valence-electron chi connectivity index (χ3n) is 4.20. The van der Waals surface area contributed by atoms with Crippen LogP contribution in [-0.4, -0.2) is 60.2 Å². The number of amides is 3. The van der Waals surface area contributed by atoms with Crippen LogP contribution in [0.2, 0.25) is 10.0 Å². The topological polar surface area (TPSA) is 69.7 Å². The van der Waals surface area contributed by atoms with Gasteiger partial charge in [0.05, 0.1) is 19.5 Å². The van der Waals surface area contributed by atoms with Crippen molar-refractivity contribution in [1.29, 1.82) is 0 Å². The third-order valence-corrected chi connectivity index (χ3v) is 4.79. The van der Waals surface area contributed by atoms with Gasteiger partial charge in [0.2, 0.25) is 17.7 Å². The first kappa shape index (κ1) is 20.1. The molecule has 0 saturated carbocycles. The van der Waals surface area contributed by atoms with Crippen LogP contribution in [0.5, 0.6) is 0 Å². The Morgan fingerprint density at radius 1 is 1.38 bits per heavy atom. The Kier molecular flexibility index (Phi) is 6.90. The lowest BCUT2D eigenvalue weighted by Gasteiger charge is -2.39. The molecule has 1 aromatic rings. The largest absolute Gasteiger partial charge is 0.359 e. The first-order valence-corrected chi connectivity index (χ1v) is 8.79. The molecule has 1 heterocycles. The maximum absolute atomic E-state index is 12.8. The normalized spacial score (nSPS) is 17.2. The fourth-order valence-electron chi connectivity index (χ4n) is 2.79. The molecule has 1 aromatic carbocycles. The number of benzene rings is 1. The first-order chi connectivity index (χ1) is 12.4. The van der Waals surface area contributed by atoms with Gasteiger partial charge >= 0.3 is 0 Å². The van der Waals surface area contributed by atoms with Crippen LogP contribution in [-0.2, 0) is 20.8 Å². The highest BCUT2D eigenvalue weighted by atomic mass is 35.5. The fourth-order valence-corrected chi connectivity index (χ4v) is 3.29. The Morgan fingerprint density at radius 2 is 2.12 bits per heavy atom. The Balaban J connectivity index is 2.13. The Hall–Kier alpha value is -2.23. The number of terminal acetylenes is 1. The molecule has 1 N–H and O–H groups in total. The lowest BCUT2D eigenvalue weighted by molar-refractivity contribution is -0.156. The number of piperazine rings is 1. The second-order valence-electron chi connectivity index (χ2n) is 5.86. The molecule has 1 saturated heterocycles. The van der Waals surface area contributed by atoms with E-state index in [2.05, 4.69) is 11.2 Å². The Bertz CT molecular complexity index is 761. The molecule has 6 nitrogen and oxygen atoms in total. The summed E-state index contributed by atoms with van der Waals surface area (Å²) in [5.41, 5.74) is 0.824. The van der Waals surface area contributed by atoms with Gasteiger partial charge in [-0.15, -0.1) is 6.42 Å². The highest BCUT2D eigenvalue weighted by Gasteiger charge is 2.39. The smallest absolute Gasteiger partial charge is 0.246 e. The van der Waals surface area contributed by atoms with Gasteiger partial charge in [0.25, 0.3) is 0 Å². The van der Waals surface area contributed by atoms with Gasteiger partial charge in [-0.25, -0.2) is 0 Å². The Labute approximate surface area is 162 Å². The molecule has 1 aliphatic heterocycles. The van der Waals surface area contributed by atoms with Crippen LogP contribution in [0.3, 0.4) is 0 Å². The zero-order chi connectivity index (χ0) is 19.3. The lowest BCUT2D eigenvalue weighted by atomic mass is 10.0. The van der Waals surface area contributed by atoms with Crippen LogP contribution in [0.4, 0.5) is 0 Å². The minimum atomic E-state index is -0.895. The number of halogens is 2. The summed E-state index contributed by atoms with van der Waals surface area (Å²) >= 11 is 12.0. The predicted molar refractivity (Wildman–Crippen MR) is 99.8 cm³/mol. The van der Waals surface area contributed by atoms with E-state index in [1.54, 1.807) is 18.2 Å². The van der Waals surface area contributed by atoms with Gasteiger partial charge in [-0.3, -0.25) is 14.4 Å². The molecule has 26 heavy (non-hydrogen) atoms. The number of carbonyl (C=O) groups excluding carboxylic acids is 3. The van der Waals surface area contributed by atoms with E-state index in [0.29, 0.717) is 23.0 Å². The van der Waals surface area contributed by atoms with Crippen molar-refractivity contribution in [2.75, 3.05) is 26.7 Å². The van der Waals surface area contributed by atoms with Gasteiger partial charge in [-0.05, 0) is 24.1 Å². The first-order valence-electron chi connectivity index (χ1n) is 8.03. The maximum atomic E-state index is 12.8. The highest BCUT2D eigenvalue weighted by molar-refractivity contribution is 6.35. The molecule has 0 aromatic heterocycles. The molecular formula is C18H19Cl2N3O3. The lowest BCUT2D eigenvalue weighted by Crippen LogP contribution is -2.61. The molecule has 1 unspecified atom stereocenters. The van der Waals surface area contributed by atoms with Gasteiger partial charge in [0, 0.05) is 23.6 Å². The van der Waals surface area contributed by atoms with Crippen molar-refractivity contribution in [3.63, 3.8) is 0 Å². The van der Waals surface area contributed by atoms with Crippen molar-refractivity contribution >= 4 is 40.9 Å². The molecule has 2 rings (SSSR count). The molecule has 0 radical (unpaired) electrons. The van der Waals surface area contributed by atoms with Crippen LogP contribution in [0.1, 0.15) is 12.0 Å². The number of rotatable bonds is 6. The van der Waals surface area contributed by atoms with Crippen LogP contribution >= 0.6 is 23.2 Å². The van der Waals surface area contributed by atoms with Crippen LogP contribution < -0.4 is 5.32 Å². The quantitative estimate of drug-likeness (QED) is 0.738. The average Bonchev–Trinajstić information content (AvgIpc) is 2.60. The van der Waals surface area contributed by atoms with Crippen LogP contribution in [0, 0.1) is 12.3 Å². The van der Waals surface area contributed by atoms with Gasteiger partial charge < -0.3 is 15.1 Å². The Morgan fingerprint density at radius 3 is 2.73 bits per heavy atom. The van der Waals surface area contributed by atoms with E-state index >= 15 is 0 Å². The van der Waals surface area contributed by atoms with E-state index in [1.807, 2.05) is 0 Å². The van der Waals surface area contributed by atoms with Crippen molar-refractivity contribution in [2.45, 2.75) is 18.9 Å². The standard InChI is InChI=1S/C18H19Cl2N3O3/c1-3-7-23-15(10-16(24)21-2)18(26)22(11-17(23)25)8-6-12-4-5-13(19)9-14(12)20/h1,4-5,9,15H,6-8,10-11H2,2H3,(H,21,24). The van der Waals surface area contributed by atoms with E-state index in [0.717, 1.165) is 5.56 Å². The summed E-state index contributed by atoms with van der Waals surface area (Å²) < 4.78 is 0. The molecule has 0 spiro atoms. The molecule has 138 valence electrons. The summed E-state index contributed by atoms with van der Waals surface area (Å²) in [6.45, 7) is 0.221. The number of carbonyl (C=O) groups is 3. The van der Waals surface area contributed by atoms with Crippen LogP contribution in [0.25, 0.3) is 0 Å². The summed E-state index contributed by atoms with van der Waals surface area (Å²) in [5, 5.41) is 3.50. The molecule has 1 atom stereocenters.